The van der Waals surface area contributed by atoms with Gasteiger partial charge in [0.25, 0.3) is 0 Å². The Morgan fingerprint density at radius 2 is 1.93 bits per heavy atom. The summed E-state index contributed by atoms with van der Waals surface area (Å²) in [7, 11) is 1.71. The van der Waals surface area contributed by atoms with Crippen LogP contribution < -0.4 is 4.90 Å². The van der Waals surface area contributed by atoms with E-state index in [0.717, 1.165) is 5.56 Å². The third kappa shape index (κ3) is 3.56. The number of hydrogen-bond donors (Lipinski definition) is 0. The molecule has 3 heteroatoms. The molecule has 0 aliphatic rings. The highest BCUT2D eigenvalue weighted by molar-refractivity contribution is 5.89. The van der Waals surface area contributed by atoms with Gasteiger partial charge in [0.1, 0.15) is 5.82 Å². The molecule has 0 bridgehead atoms. The van der Waals surface area contributed by atoms with E-state index in [1.165, 1.54) is 11.8 Å². The number of anilines is 1. The second kappa shape index (κ2) is 6.13. The lowest BCUT2D eigenvalue weighted by Crippen LogP contribution is -2.23. The molecule has 14 heavy (non-hydrogen) atoms. The van der Waals surface area contributed by atoms with Crippen LogP contribution >= 0.6 is 0 Å². The summed E-state index contributed by atoms with van der Waals surface area (Å²) in [5.74, 6) is 0.680. The van der Waals surface area contributed by atoms with E-state index < -0.39 is 0 Å². The van der Waals surface area contributed by atoms with Gasteiger partial charge < -0.3 is 4.90 Å². The second-order valence-corrected chi connectivity index (χ2v) is 2.77. The molecule has 1 amide bonds. The highest BCUT2D eigenvalue weighted by Crippen LogP contribution is 2.08. The number of pyridine rings is 1. The van der Waals surface area contributed by atoms with Gasteiger partial charge in [-0.15, -0.1) is 0 Å². The van der Waals surface area contributed by atoms with E-state index in [4.69, 9.17) is 0 Å². The predicted molar refractivity (Wildman–Crippen MR) is 59.4 cm³/mol. The molecule has 1 rings (SSSR count). The monoisotopic (exact) mass is 194 g/mol. The molecular weight excluding hydrogens is 176 g/mol. The molecule has 0 radical (unpaired) electrons. The molecule has 1 aromatic rings. The summed E-state index contributed by atoms with van der Waals surface area (Å²) >= 11 is 0. The zero-order valence-electron chi connectivity index (χ0n) is 9.53. The third-order valence-electron chi connectivity index (χ3n) is 1.71. The third-order valence-corrected chi connectivity index (χ3v) is 1.71. The van der Waals surface area contributed by atoms with Crippen LogP contribution in [0.1, 0.15) is 26.3 Å². The zero-order chi connectivity index (χ0) is 11.1. The van der Waals surface area contributed by atoms with Gasteiger partial charge in [0.2, 0.25) is 5.91 Å². The van der Waals surface area contributed by atoms with Crippen LogP contribution in [0.3, 0.4) is 0 Å². The Labute approximate surface area is 85.8 Å². The minimum atomic E-state index is -0.00801. The Balaban J connectivity index is 0.000000791. The summed E-state index contributed by atoms with van der Waals surface area (Å²) in [5.41, 5.74) is 1.09. The van der Waals surface area contributed by atoms with Gasteiger partial charge in [0, 0.05) is 20.2 Å². The average molecular weight is 194 g/mol. The van der Waals surface area contributed by atoms with Crippen molar-refractivity contribution >= 4 is 11.7 Å². The average Bonchev–Trinajstić information content (AvgIpc) is 2.21. The lowest BCUT2D eigenvalue weighted by atomic mass is 10.3. The first-order valence-corrected chi connectivity index (χ1v) is 4.78. The van der Waals surface area contributed by atoms with E-state index in [1.54, 1.807) is 13.2 Å². The first-order valence-electron chi connectivity index (χ1n) is 4.78. The minimum absolute atomic E-state index is 0.00801. The predicted octanol–water partition coefficient (Wildman–Crippen LogP) is 2.40. The van der Waals surface area contributed by atoms with Crippen molar-refractivity contribution in [1.29, 1.82) is 0 Å². The van der Waals surface area contributed by atoms with Gasteiger partial charge in [-0.25, -0.2) is 4.98 Å². The molecular formula is C11H18N2O. The Hall–Kier alpha value is -1.38. The Morgan fingerprint density at radius 3 is 2.29 bits per heavy atom. The minimum Gasteiger partial charge on any atom is -0.300 e. The number of amides is 1. The van der Waals surface area contributed by atoms with Crippen LogP contribution in [0.5, 0.6) is 0 Å². The smallest absolute Gasteiger partial charge is 0.224 e. The molecule has 0 aliphatic heterocycles. The highest BCUT2D eigenvalue weighted by Gasteiger charge is 2.04. The molecule has 0 unspecified atom stereocenters. The highest BCUT2D eigenvalue weighted by atomic mass is 16.2. The molecule has 0 aromatic carbocycles. The number of aryl methyl sites for hydroxylation is 1. The summed E-state index contributed by atoms with van der Waals surface area (Å²) in [5, 5.41) is 0. The van der Waals surface area contributed by atoms with Crippen LogP contribution in [0.2, 0.25) is 0 Å². The fourth-order valence-corrected chi connectivity index (χ4v) is 0.820. The number of nitrogens with zero attached hydrogens (tertiary/aromatic N) is 2. The summed E-state index contributed by atoms with van der Waals surface area (Å²) in [6.45, 7) is 7.48. The normalized spacial score (nSPS) is 8.64. The van der Waals surface area contributed by atoms with Crippen LogP contribution in [-0.4, -0.2) is 17.9 Å². The first kappa shape index (κ1) is 12.6. The summed E-state index contributed by atoms with van der Waals surface area (Å²) in [4.78, 5) is 16.5. The molecule has 3 nitrogen and oxygen atoms in total. The lowest BCUT2D eigenvalue weighted by molar-refractivity contribution is -0.116. The number of hydrogen-bond acceptors (Lipinski definition) is 2. The maximum Gasteiger partial charge on any atom is 0.224 e. The van der Waals surface area contributed by atoms with Crippen molar-refractivity contribution in [1.82, 2.24) is 4.98 Å². The topological polar surface area (TPSA) is 33.2 Å². The van der Waals surface area contributed by atoms with Gasteiger partial charge in [-0.3, -0.25) is 4.79 Å². The quantitative estimate of drug-likeness (QED) is 0.687. The second-order valence-electron chi connectivity index (χ2n) is 2.77. The van der Waals surface area contributed by atoms with Gasteiger partial charge in [-0.05, 0) is 18.6 Å². The van der Waals surface area contributed by atoms with Crippen molar-refractivity contribution in [3.63, 3.8) is 0 Å². The van der Waals surface area contributed by atoms with Crippen molar-refractivity contribution in [2.24, 2.45) is 0 Å². The maximum atomic E-state index is 10.9. The molecule has 0 N–H and O–H groups in total. The SMILES string of the molecule is CC.CC(=O)N(C)c1ccc(C)cn1. The molecule has 78 valence electrons. The van der Waals surface area contributed by atoms with E-state index >= 15 is 0 Å². The largest absolute Gasteiger partial charge is 0.300 e. The van der Waals surface area contributed by atoms with E-state index in [1.807, 2.05) is 32.9 Å². The summed E-state index contributed by atoms with van der Waals surface area (Å²) in [6, 6.07) is 3.76. The van der Waals surface area contributed by atoms with Gasteiger partial charge in [0.15, 0.2) is 0 Å². The van der Waals surface area contributed by atoms with E-state index in [9.17, 15) is 4.79 Å². The standard InChI is InChI=1S/C9H12N2O.C2H6/c1-7-4-5-9(10-6-7)11(3)8(2)12;1-2/h4-6H,1-3H3;1-2H3. The van der Waals surface area contributed by atoms with Crippen LogP contribution in [0.15, 0.2) is 18.3 Å². The Bertz CT molecular complexity index is 280. The van der Waals surface area contributed by atoms with Gasteiger partial charge in [-0.1, -0.05) is 19.9 Å². The van der Waals surface area contributed by atoms with E-state index in [2.05, 4.69) is 4.98 Å². The molecule has 0 atom stereocenters. The van der Waals surface area contributed by atoms with Crippen LogP contribution in [-0.2, 0) is 4.79 Å². The van der Waals surface area contributed by atoms with Crippen molar-refractivity contribution in [3.05, 3.63) is 23.9 Å². The number of aromatic nitrogens is 1. The first-order chi connectivity index (χ1) is 6.61. The fraction of sp³-hybridized carbons (Fsp3) is 0.455. The van der Waals surface area contributed by atoms with Gasteiger partial charge in [-0.2, -0.15) is 0 Å². The molecule has 0 fully saturated rings. The van der Waals surface area contributed by atoms with Crippen molar-refractivity contribution < 1.29 is 4.79 Å². The van der Waals surface area contributed by atoms with E-state index in [0.29, 0.717) is 5.82 Å². The maximum absolute atomic E-state index is 10.9. The zero-order valence-corrected chi connectivity index (χ0v) is 9.53. The molecule has 0 saturated carbocycles. The molecule has 0 saturated heterocycles. The fourth-order valence-electron chi connectivity index (χ4n) is 0.820. The van der Waals surface area contributed by atoms with Crippen LogP contribution in [0.25, 0.3) is 0 Å². The molecule has 0 spiro atoms. The van der Waals surface area contributed by atoms with Crippen molar-refractivity contribution in [2.45, 2.75) is 27.7 Å². The molecule has 1 aromatic heterocycles. The lowest BCUT2D eigenvalue weighted by Gasteiger charge is -2.12. The summed E-state index contributed by atoms with van der Waals surface area (Å²) in [6.07, 6.45) is 1.74. The van der Waals surface area contributed by atoms with Gasteiger partial charge in [0.05, 0.1) is 0 Å². The Morgan fingerprint density at radius 1 is 1.36 bits per heavy atom. The molecule has 1 heterocycles. The van der Waals surface area contributed by atoms with Gasteiger partial charge >= 0.3 is 0 Å². The molecule has 0 aliphatic carbocycles. The van der Waals surface area contributed by atoms with Crippen LogP contribution in [0.4, 0.5) is 5.82 Å². The number of carbonyl (C=O) groups is 1. The Kier molecular flexibility index (Phi) is 5.53. The van der Waals surface area contributed by atoms with Crippen LogP contribution in [0, 0.1) is 6.92 Å². The number of rotatable bonds is 1. The summed E-state index contributed by atoms with van der Waals surface area (Å²) < 4.78 is 0. The van der Waals surface area contributed by atoms with Crippen molar-refractivity contribution in [3.8, 4) is 0 Å². The van der Waals surface area contributed by atoms with Crippen molar-refractivity contribution in [2.75, 3.05) is 11.9 Å². The van der Waals surface area contributed by atoms with E-state index in [-0.39, 0.29) is 5.91 Å². The number of carbonyl (C=O) groups excluding carboxylic acids is 1.